The quantitative estimate of drug-likeness (QED) is 0.445. The van der Waals surface area contributed by atoms with Crippen molar-refractivity contribution >= 4 is 22.9 Å². The molecule has 2 aromatic carbocycles. The lowest BCUT2D eigenvalue weighted by molar-refractivity contribution is 0.102. The van der Waals surface area contributed by atoms with Gasteiger partial charge in [-0.2, -0.15) is 4.98 Å². The number of para-hydroxylation sites is 1. The van der Waals surface area contributed by atoms with E-state index in [4.69, 9.17) is 9.26 Å². The number of nitrogens with zero attached hydrogens (tertiary/aromatic N) is 2. The smallest absolute Gasteiger partial charge is 0.270 e. The highest BCUT2D eigenvalue weighted by Crippen LogP contribution is 2.40. The van der Waals surface area contributed by atoms with Gasteiger partial charge < -0.3 is 14.6 Å². The van der Waals surface area contributed by atoms with E-state index in [-0.39, 0.29) is 5.91 Å². The molecule has 5 rings (SSSR count). The van der Waals surface area contributed by atoms with Gasteiger partial charge in [0.25, 0.3) is 11.8 Å². The molecular weight excluding hydrogens is 386 g/mol. The molecule has 1 N–H and O–H groups in total. The minimum absolute atomic E-state index is 0.210. The maximum Gasteiger partial charge on any atom is 0.270 e. The highest BCUT2D eigenvalue weighted by molar-refractivity contribution is 7.14. The molecule has 4 aromatic rings. The summed E-state index contributed by atoms with van der Waals surface area (Å²) in [4.78, 5) is 17.9. The first-order valence-corrected chi connectivity index (χ1v) is 10.2. The van der Waals surface area contributed by atoms with Gasteiger partial charge in [0, 0.05) is 11.5 Å². The van der Waals surface area contributed by atoms with Crippen molar-refractivity contribution in [2.75, 3.05) is 5.32 Å². The molecule has 0 atom stereocenters. The molecule has 1 fully saturated rings. The van der Waals surface area contributed by atoms with Crippen molar-refractivity contribution in [1.29, 1.82) is 0 Å². The van der Waals surface area contributed by atoms with Gasteiger partial charge in [0.05, 0.1) is 5.69 Å². The molecule has 2 heterocycles. The Balaban J connectivity index is 1.29. The van der Waals surface area contributed by atoms with E-state index in [2.05, 4.69) is 15.5 Å². The number of carbonyl (C=O) groups is 1. The first-order chi connectivity index (χ1) is 14.3. The molecule has 0 spiro atoms. The van der Waals surface area contributed by atoms with Crippen LogP contribution < -0.4 is 10.1 Å². The zero-order valence-electron chi connectivity index (χ0n) is 15.4. The Morgan fingerprint density at radius 1 is 1.03 bits per heavy atom. The minimum atomic E-state index is -0.210. The van der Waals surface area contributed by atoms with E-state index < -0.39 is 0 Å². The van der Waals surface area contributed by atoms with Crippen molar-refractivity contribution in [2.45, 2.75) is 18.8 Å². The summed E-state index contributed by atoms with van der Waals surface area (Å²) in [7, 11) is 0. The molecule has 1 aliphatic carbocycles. The molecule has 0 saturated heterocycles. The Labute approximate surface area is 171 Å². The zero-order chi connectivity index (χ0) is 19.6. The molecule has 0 unspecified atom stereocenters. The van der Waals surface area contributed by atoms with Gasteiger partial charge in [0.2, 0.25) is 0 Å². The van der Waals surface area contributed by atoms with Crippen LogP contribution in [0.15, 0.2) is 70.6 Å². The molecule has 29 heavy (non-hydrogen) atoms. The van der Waals surface area contributed by atoms with E-state index in [0.717, 1.165) is 29.3 Å². The summed E-state index contributed by atoms with van der Waals surface area (Å²) >= 11 is 1.46. The van der Waals surface area contributed by atoms with Crippen LogP contribution in [0.1, 0.15) is 34.9 Å². The summed E-state index contributed by atoms with van der Waals surface area (Å²) in [5, 5.41) is 8.87. The van der Waals surface area contributed by atoms with Crippen LogP contribution in [0.2, 0.25) is 0 Å². The monoisotopic (exact) mass is 403 g/mol. The number of anilines is 1. The van der Waals surface area contributed by atoms with E-state index in [1.165, 1.54) is 11.3 Å². The number of thiophene rings is 1. The second kappa shape index (κ2) is 7.52. The fourth-order valence-corrected chi connectivity index (χ4v) is 3.67. The third-order valence-corrected chi connectivity index (χ3v) is 5.49. The third-order valence-electron chi connectivity index (χ3n) is 4.59. The number of nitrogens with one attached hydrogen (secondary N) is 1. The van der Waals surface area contributed by atoms with Crippen molar-refractivity contribution in [2.24, 2.45) is 0 Å². The maximum atomic E-state index is 12.7. The number of hydrogen-bond donors (Lipinski definition) is 1. The Morgan fingerprint density at radius 2 is 1.79 bits per heavy atom. The van der Waals surface area contributed by atoms with E-state index >= 15 is 0 Å². The average Bonchev–Trinajstić information content (AvgIpc) is 3.30. The topological polar surface area (TPSA) is 77.3 Å². The average molecular weight is 403 g/mol. The van der Waals surface area contributed by atoms with Gasteiger partial charge in [-0.15, -0.1) is 11.3 Å². The molecule has 1 saturated carbocycles. The van der Waals surface area contributed by atoms with Crippen molar-refractivity contribution in [3.05, 3.63) is 77.4 Å². The second-order valence-corrected chi connectivity index (χ2v) is 7.71. The number of rotatable bonds is 6. The third kappa shape index (κ3) is 3.90. The number of aromatic nitrogens is 2. The fourth-order valence-electron chi connectivity index (χ4n) is 2.90. The van der Waals surface area contributed by atoms with Gasteiger partial charge in [0.1, 0.15) is 16.4 Å². The van der Waals surface area contributed by atoms with Gasteiger partial charge in [-0.25, -0.2) is 0 Å². The van der Waals surface area contributed by atoms with Crippen LogP contribution in [0, 0.1) is 0 Å². The lowest BCUT2D eigenvalue weighted by Gasteiger charge is -2.07. The van der Waals surface area contributed by atoms with Gasteiger partial charge in [0.15, 0.2) is 5.82 Å². The van der Waals surface area contributed by atoms with Crippen LogP contribution in [0.3, 0.4) is 0 Å². The highest BCUT2D eigenvalue weighted by Gasteiger charge is 2.29. The van der Waals surface area contributed by atoms with E-state index in [1.54, 1.807) is 24.3 Å². The van der Waals surface area contributed by atoms with Crippen LogP contribution in [-0.4, -0.2) is 16.0 Å². The summed E-state index contributed by atoms with van der Waals surface area (Å²) in [6.45, 7) is 0. The predicted molar refractivity (Wildman–Crippen MR) is 110 cm³/mol. The lowest BCUT2D eigenvalue weighted by atomic mass is 10.2. The van der Waals surface area contributed by atoms with Crippen molar-refractivity contribution in [3.8, 4) is 22.3 Å². The van der Waals surface area contributed by atoms with Crippen LogP contribution in [0.4, 0.5) is 5.69 Å². The molecule has 1 aliphatic rings. The highest BCUT2D eigenvalue weighted by atomic mass is 32.1. The first kappa shape index (κ1) is 17.6. The maximum absolute atomic E-state index is 12.7. The molecule has 144 valence electrons. The van der Waals surface area contributed by atoms with E-state index in [1.807, 2.05) is 41.8 Å². The summed E-state index contributed by atoms with van der Waals surface area (Å²) in [6.07, 6.45) is 2.22. The number of carbonyl (C=O) groups excluding carboxylic acids is 1. The SMILES string of the molecule is O=C(Nc1ccsc1-c1nc(C2CC2)no1)c1ccc(Oc2ccccc2)cc1. The Bertz CT molecular complexity index is 1130. The number of ether oxygens (including phenoxy) is 1. The number of hydrogen-bond acceptors (Lipinski definition) is 6. The molecule has 6 nitrogen and oxygen atoms in total. The Hall–Kier alpha value is -3.45. The predicted octanol–water partition coefficient (Wildman–Crippen LogP) is 5.72. The molecule has 7 heteroatoms. The first-order valence-electron chi connectivity index (χ1n) is 9.32. The molecule has 1 amide bonds. The Morgan fingerprint density at radius 3 is 2.55 bits per heavy atom. The van der Waals surface area contributed by atoms with Gasteiger partial charge in [-0.1, -0.05) is 23.4 Å². The van der Waals surface area contributed by atoms with E-state index in [9.17, 15) is 4.79 Å². The lowest BCUT2D eigenvalue weighted by Crippen LogP contribution is -2.11. The fraction of sp³-hybridized carbons (Fsp3) is 0.136. The zero-order valence-corrected chi connectivity index (χ0v) is 16.2. The molecule has 0 bridgehead atoms. The van der Waals surface area contributed by atoms with Gasteiger partial charge >= 0.3 is 0 Å². The molecular formula is C22H17N3O3S. The van der Waals surface area contributed by atoms with Crippen LogP contribution in [0.25, 0.3) is 10.8 Å². The standard InChI is InChI=1S/C22H17N3O3S/c26-21(15-8-10-17(11-9-15)27-16-4-2-1-3-5-16)23-18-12-13-29-19(18)22-24-20(25-28-22)14-6-7-14/h1-5,8-14H,6-7H2,(H,23,26). The number of benzene rings is 2. The summed E-state index contributed by atoms with van der Waals surface area (Å²) in [5.41, 5.74) is 1.20. The Kier molecular flexibility index (Phi) is 4.57. The van der Waals surface area contributed by atoms with Crippen molar-refractivity contribution < 1.29 is 14.1 Å². The van der Waals surface area contributed by atoms with Gasteiger partial charge in [-0.3, -0.25) is 4.79 Å². The van der Waals surface area contributed by atoms with Crippen LogP contribution >= 0.6 is 11.3 Å². The number of amides is 1. The van der Waals surface area contributed by atoms with Crippen LogP contribution in [0.5, 0.6) is 11.5 Å². The van der Waals surface area contributed by atoms with Gasteiger partial charge in [-0.05, 0) is 60.7 Å². The van der Waals surface area contributed by atoms with Crippen molar-refractivity contribution in [3.63, 3.8) is 0 Å². The second-order valence-electron chi connectivity index (χ2n) is 6.79. The summed E-state index contributed by atoms with van der Waals surface area (Å²) in [5.74, 6) is 2.82. The minimum Gasteiger partial charge on any atom is -0.457 e. The molecule has 0 radical (unpaired) electrons. The van der Waals surface area contributed by atoms with E-state index in [0.29, 0.717) is 28.8 Å². The van der Waals surface area contributed by atoms with Crippen LogP contribution in [-0.2, 0) is 0 Å². The normalized spacial score (nSPS) is 13.2. The molecule has 0 aliphatic heterocycles. The summed E-state index contributed by atoms with van der Waals surface area (Å²) in [6, 6.07) is 18.4. The summed E-state index contributed by atoms with van der Waals surface area (Å²) < 4.78 is 11.2. The molecule has 2 aromatic heterocycles. The van der Waals surface area contributed by atoms with Crippen molar-refractivity contribution in [1.82, 2.24) is 10.1 Å². The largest absolute Gasteiger partial charge is 0.457 e.